The summed E-state index contributed by atoms with van der Waals surface area (Å²) in [4.78, 5) is 30.5. The van der Waals surface area contributed by atoms with E-state index < -0.39 is 29.1 Å². The Bertz CT molecular complexity index is 1410. The van der Waals surface area contributed by atoms with Crippen molar-refractivity contribution in [3.63, 3.8) is 0 Å². The Morgan fingerprint density at radius 2 is 1.28 bits per heavy atom. The van der Waals surface area contributed by atoms with E-state index >= 15 is 0 Å². The van der Waals surface area contributed by atoms with Crippen LogP contribution in [0.3, 0.4) is 0 Å². The zero-order valence-corrected chi connectivity index (χ0v) is 24.8. The van der Waals surface area contributed by atoms with Crippen LogP contribution in [0, 0.1) is 23.3 Å². The fourth-order valence-electron chi connectivity index (χ4n) is 4.50. The number of hydrogen-bond acceptors (Lipinski definition) is 4. The Kier molecular flexibility index (Phi) is 12.3. The molecular formula is C34H36F4N2O3. The number of likely N-dealkylation sites (N-methyl/N-ethyl adjacent to an activating group) is 1. The van der Waals surface area contributed by atoms with Gasteiger partial charge in [0, 0.05) is 23.3 Å². The summed E-state index contributed by atoms with van der Waals surface area (Å²) in [6.45, 7) is 11.1. The van der Waals surface area contributed by atoms with Gasteiger partial charge in [0.15, 0.2) is 29.1 Å². The smallest absolute Gasteiger partial charge is 0.254 e. The van der Waals surface area contributed by atoms with Crippen LogP contribution in [0.2, 0.25) is 0 Å². The molecule has 0 bridgehead atoms. The van der Waals surface area contributed by atoms with E-state index in [0.717, 1.165) is 43.9 Å². The summed E-state index contributed by atoms with van der Waals surface area (Å²) in [6, 6.07) is 13.1. The molecule has 0 radical (unpaired) electrons. The lowest BCUT2D eigenvalue weighted by atomic mass is 9.93. The standard InChI is InChI=1S/C32H30F4N2O3.C2H6/c1-3-37(4-2)13-14-41-26-9-7-23(8-10-26)32(40)38-19-24(15-21-5-11-27(33)29(35)17-21)31(39)25(20-38)16-22-6-12-28(34)30(36)18-22;1-2/h5-12,15-18H,3-4,13-14,19-20H2,1-2H3;1-2H3/b24-15+,25-16+;. The van der Waals surface area contributed by atoms with Gasteiger partial charge in [0.1, 0.15) is 12.4 Å². The molecule has 0 spiro atoms. The minimum atomic E-state index is -1.08. The van der Waals surface area contributed by atoms with Gasteiger partial charge in [-0.2, -0.15) is 0 Å². The number of carbonyl (C=O) groups is 2. The van der Waals surface area contributed by atoms with Gasteiger partial charge >= 0.3 is 0 Å². The minimum Gasteiger partial charge on any atom is -0.492 e. The van der Waals surface area contributed by atoms with E-state index in [1.807, 2.05) is 13.8 Å². The predicted octanol–water partition coefficient (Wildman–Crippen LogP) is 7.18. The molecule has 0 atom stereocenters. The number of rotatable bonds is 9. The average Bonchev–Trinajstić information content (AvgIpc) is 3.02. The summed E-state index contributed by atoms with van der Waals surface area (Å²) in [7, 11) is 0. The van der Waals surface area contributed by atoms with E-state index in [1.165, 1.54) is 29.2 Å². The fraction of sp³-hybridized carbons (Fsp3) is 0.294. The van der Waals surface area contributed by atoms with Gasteiger partial charge in [-0.25, -0.2) is 17.6 Å². The molecule has 228 valence electrons. The van der Waals surface area contributed by atoms with Crippen LogP contribution in [0.5, 0.6) is 5.75 Å². The zero-order chi connectivity index (χ0) is 31.5. The van der Waals surface area contributed by atoms with Crippen LogP contribution in [-0.2, 0) is 4.79 Å². The van der Waals surface area contributed by atoms with Gasteiger partial charge in [-0.15, -0.1) is 0 Å². The molecule has 1 fully saturated rings. The predicted molar refractivity (Wildman–Crippen MR) is 161 cm³/mol. The second-order valence-electron chi connectivity index (χ2n) is 9.58. The molecule has 1 aliphatic heterocycles. The molecule has 5 nitrogen and oxygen atoms in total. The first-order chi connectivity index (χ1) is 20.7. The normalized spacial score (nSPS) is 15.1. The number of benzene rings is 3. The van der Waals surface area contributed by atoms with Gasteiger partial charge in [-0.1, -0.05) is 39.8 Å². The number of carbonyl (C=O) groups excluding carboxylic acids is 2. The SMILES string of the molecule is CC.CCN(CC)CCOc1ccc(C(=O)N2C/C(=C\c3ccc(F)c(F)c3)C(=O)/C(=C/c3ccc(F)c(F)c3)C2)cc1. The fourth-order valence-corrected chi connectivity index (χ4v) is 4.50. The molecule has 0 aliphatic carbocycles. The first kappa shape index (κ1) is 33.3. The summed E-state index contributed by atoms with van der Waals surface area (Å²) in [5, 5.41) is 0. The Labute approximate surface area is 250 Å². The van der Waals surface area contributed by atoms with Crippen LogP contribution in [0.25, 0.3) is 12.2 Å². The summed E-state index contributed by atoms with van der Waals surface area (Å²) < 4.78 is 60.4. The number of ether oxygens (including phenoxy) is 1. The summed E-state index contributed by atoms with van der Waals surface area (Å²) >= 11 is 0. The Morgan fingerprint density at radius 1 is 0.791 bits per heavy atom. The van der Waals surface area contributed by atoms with E-state index in [-0.39, 0.29) is 41.3 Å². The third kappa shape index (κ3) is 8.88. The van der Waals surface area contributed by atoms with Crippen LogP contribution >= 0.6 is 0 Å². The highest BCUT2D eigenvalue weighted by Crippen LogP contribution is 2.25. The Morgan fingerprint density at radius 3 is 1.72 bits per heavy atom. The summed E-state index contributed by atoms with van der Waals surface area (Å²) in [5.41, 5.74) is 1.14. The molecule has 0 unspecified atom stereocenters. The van der Waals surface area contributed by atoms with Crippen LogP contribution in [0.1, 0.15) is 49.2 Å². The third-order valence-electron chi connectivity index (χ3n) is 6.83. The highest BCUT2D eigenvalue weighted by Gasteiger charge is 2.30. The maximum atomic E-state index is 13.8. The minimum absolute atomic E-state index is 0.0894. The number of piperidine rings is 1. The van der Waals surface area contributed by atoms with Crippen molar-refractivity contribution < 1.29 is 31.9 Å². The van der Waals surface area contributed by atoms with Crippen molar-refractivity contribution in [2.75, 3.05) is 39.3 Å². The second kappa shape index (κ2) is 15.8. The van der Waals surface area contributed by atoms with Crippen molar-refractivity contribution in [1.82, 2.24) is 9.80 Å². The first-order valence-electron chi connectivity index (χ1n) is 14.3. The van der Waals surface area contributed by atoms with Crippen LogP contribution in [-0.4, -0.2) is 60.8 Å². The zero-order valence-electron chi connectivity index (χ0n) is 24.8. The molecule has 1 aliphatic rings. The molecule has 0 aromatic heterocycles. The van der Waals surface area contributed by atoms with Crippen molar-refractivity contribution >= 4 is 23.8 Å². The highest BCUT2D eigenvalue weighted by atomic mass is 19.2. The number of ketones is 1. The van der Waals surface area contributed by atoms with Crippen molar-refractivity contribution in [1.29, 1.82) is 0 Å². The van der Waals surface area contributed by atoms with Gasteiger partial charge in [0.25, 0.3) is 5.91 Å². The molecule has 0 N–H and O–H groups in total. The van der Waals surface area contributed by atoms with Crippen LogP contribution < -0.4 is 4.74 Å². The average molecular weight is 597 g/mol. The van der Waals surface area contributed by atoms with E-state index in [0.29, 0.717) is 17.9 Å². The number of nitrogens with zero attached hydrogens (tertiary/aromatic N) is 2. The van der Waals surface area contributed by atoms with E-state index in [2.05, 4.69) is 18.7 Å². The van der Waals surface area contributed by atoms with Gasteiger partial charge in [-0.05, 0) is 84.9 Å². The number of amides is 1. The summed E-state index contributed by atoms with van der Waals surface area (Å²) in [6.07, 6.45) is 2.77. The number of hydrogen-bond donors (Lipinski definition) is 0. The van der Waals surface area contributed by atoms with Crippen molar-refractivity contribution in [2.45, 2.75) is 27.7 Å². The molecule has 4 rings (SSSR count). The van der Waals surface area contributed by atoms with Gasteiger partial charge in [-0.3, -0.25) is 9.59 Å². The third-order valence-corrected chi connectivity index (χ3v) is 6.83. The second-order valence-corrected chi connectivity index (χ2v) is 9.58. The summed E-state index contributed by atoms with van der Waals surface area (Å²) in [5.74, 6) is -4.42. The monoisotopic (exact) mass is 596 g/mol. The van der Waals surface area contributed by atoms with Gasteiger partial charge in [0.2, 0.25) is 0 Å². The van der Waals surface area contributed by atoms with Gasteiger partial charge in [0.05, 0.1) is 13.1 Å². The molecule has 9 heteroatoms. The van der Waals surface area contributed by atoms with Crippen molar-refractivity contribution in [2.24, 2.45) is 0 Å². The molecule has 0 saturated carbocycles. The quantitative estimate of drug-likeness (QED) is 0.194. The maximum absolute atomic E-state index is 13.8. The molecule has 1 heterocycles. The molecule has 43 heavy (non-hydrogen) atoms. The number of likely N-dealkylation sites (tertiary alicyclic amines) is 1. The van der Waals surface area contributed by atoms with Crippen LogP contribution in [0.15, 0.2) is 71.8 Å². The van der Waals surface area contributed by atoms with Gasteiger partial charge < -0.3 is 14.5 Å². The molecule has 1 saturated heterocycles. The topological polar surface area (TPSA) is 49.9 Å². The lowest BCUT2D eigenvalue weighted by Gasteiger charge is -2.30. The highest BCUT2D eigenvalue weighted by molar-refractivity contribution is 6.15. The number of halogens is 4. The van der Waals surface area contributed by atoms with E-state index in [4.69, 9.17) is 4.74 Å². The Balaban J connectivity index is 0.00000248. The molecule has 3 aromatic rings. The van der Waals surface area contributed by atoms with Crippen molar-refractivity contribution in [3.8, 4) is 5.75 Å². The lowest BCUT2D eigenvalue weighted by Crippen LogP contribution is -2.41. The molecular weight excluding hydrogens is 560 g/mol. The lowest BCUT2D eigenvalue weighted by molar-refractivity contribution is -0.113. The number of Topliss-reactive ketones (excluding diaryl/α,β-unsaturated/α-hetero) is 1. The molecule has 1 amide bonds. The first-order valence-corrected chi connectivity index (χ1v) is 14.3. The van der Waals surface area contributed by atoms with Crippen LogP contribution in [0.4, 0.5) is 17.6 Å². The van der Waals surface area contributed by atoms with E-state index in [9.17, 15) is 27.2 Å². The maximum Gasteiger partial charge on any atom is 0.254 e. The Hall–Kier alpha value is -4.24. The van der Waals surface area contributed by atoms with E-state index in [1.54, 1.807) is 24.3 Å². The largest absolute Gasteiger partial charge is 0.492 e. The molecule has 3 aromatic carbocycles. The van der Waals surface area contributed by atoms with Crippen molar-refractivity contribution in [3.05, 3.63) is 112 Å².